The van der Waals surface area contributed by atoms with Gasteiger partial charge in [-0.15, -0.1) is 0 Å². The molecule has 0 unspecified atom stereocenters. The third-order valence-electron chi connectivity index (χ3n) is 3.98. The molecule has 0 aliphatic carbocycles. The summed E-state index contributed by atoms with van der Waals surface area (Å²) in [6.07, 6.45) is 0. The van der Waals surface area contributed by atoms with Crippen LogP contribution in [0.4, 0.5) is 0 Å². The zero-order valence-electron chi connectivity index (χ0n) is 14.4. The van der Waals surface area contributed by atoms with E-state index in [9.17, 15) is 8.42 Å². The smallest absolute Gasteiger partial charge is 0.238 e. The molecular weight excluding hydrogens is 368 g/mol. The van der Waals surface area contributed by atoms with Crippen LogP contribution >= 0.6 is 0 Å². The predicted octanol–water partition coefficient (Wildman–Crippen LogP) is -1.66. The zero-order valence-corrected chi connectivity index (χ0v) is 16.0. The van der Waals surface area contributed by atoms with Crippen LogP contribution < -0.4 is 23.7 Å². The molecule has 0 spiro atoms. The Morgan fingerprint density at radius 3 is 1.96 bits per heavy atom. The average Bonchev–Trinajstić information content (AvgIpc) is 2.48. The number of nitrogens with zero attached hydrogens (tertiary/aromatic N) is 1. The molecule has 25 heavy (non-hydrogen) atoms. The fourth-order valence-electron chi connectivity index (χ4n) is 2.46. The summed E-state index contributed by atoms with van der Waals surface area (Å²) >= 11 is 0. The van der Waals surface area contributed by atoms with Crippen molar-refractivity contribution in [2.75, 3.05) is 0 Å². The molecule has 2 rings (SSSR count). The van der Waals surface area contributed by atoms with Crippen LogP contribution in [-0.2, 0) is 16.6 Å². The second kappa shape index (κ2) is 8.70. The summed E-state index contributed by atoms with van der Waals surface area (Å²) in [5.41, 5.74) is 6.02. The van der Waals surface area contributed by atoms with Crippen LogP contribution in [0.3, 0.4) is 0 Å². The highest BCUT2D eigenvalue weighted by atomic mass is 35.6. The van der Waals surface area contributed by atoms with Gasteiger partial charge in [0, 0.05) is 31.0 Å². The molecule has 1 aromatic heterocycles. The van der Waals surface area contributed by atoms with Crippen molar-refractivity contribution in [2.45, 2.75) is 39.1 Å². The molecule has 0 amide bonds. The van der Waals surface area contributed by atoms with Gasteiger partial charge in [0.2, 0.25) is 10.0 Å². The number of pyridine rings is 1. The van der Waals surface area contributed by atoms with Gasteiger partial charge < -0.3 is 14.0 Å². The van der Waals surface area contributed by atoms with Gasteiger partial charge in [-0.3, -0.25) is 0 Å². The third-order valence-corrected chi connectivity index (χ3v) is 4.91. The standard InChI is InChI=1S/C16H21N2O2S.ClO3/c1-11-9-12(2)18(14(4)13(11)3)10-15-5-7-16(8-6-15)21(17,19)20;2-1(3)4/h5-9H,10H2,1-4H3,(H2,17,19,20);/q+1;-1. The van der Waals surface area contributed by atoms with E-state index >= 15 is 0 Å². The predicted molar refractivity (Wildman–Crippen MR) is 82.5 cm³/mol. The van der Waals surface area contributed by atoms with E-state index in [1.54, 1.807) is 24.3 Å². The van der Waals surface area contributed by atoms with Crippen LogP contribution in [0.25, 0.3) is 0 Å². The summed E-state index contributed by atoms with van der Waals surface area (Å²) in [6, 6.07) is 8.89. The Kier molecular flexibility index (Phi) is 7.48. The molecule has 1 aromatic carbocycles. The number of aryl methyl sites for hydroxylation is 2. The summed E-state index contributed by atoms with van der Waals surface area (Å²) in [6.45, 7) is 9.13. The first kappa shape index (κ1) is 21.5. The Morgan fingerprint density at radius 2 is 1.52 bits per heavy atom. The Labute approximate surface area is 150 Å². The molecule has 0 fully saturated rings. The number of nitrogens with two attached hydrogens (primary N) is 1. The molecule has 9 heteroatoms. The van der Waals surface area contributed by atoms with Crippen molar-refractivity contribution in [3.05, 3.63) is 58.4 Å². The van der Waals surface area contributed by atoms with Gasteiger partial charge in [-0.25, -0.2) is 13.6 Å². The first-order valence-electron chi connectivity index (χ1n) is 7.25. The second-order valence-electron chi connectivity index (χ2n) is 5.64. The van der Waals surface area contributed by atoms with Crippen molar-refractivity contribution >= 4 is 10.0 Å². The molecule has 0 bridgehead atoms. The molecule has 2 aromatic rings. The van der Waals surface area contributed by atoms with Crippen molar-refractivity contribution in [3.63, 3.8) is 0 Å². The number of halogens is 1. The fraction of sp³-hybridized carbons (Fsp3) is 0.312. The normalized spacial score (nSPS) is 11.2. The lowest BCUT2D eigenvalue weighted by molar-refractivity contribution is -1.73. The summed E-state index contributed by atoms with van der Waals surface area (Å²) in [5.74, 6) is 0. The average molecular weight is 389 g/mol. The molecule has 0 radical (unpaired) electrons. The number of primary sulfonamides is 1. The molecule has 0 saturated carbocycles. The van der Waals surface area contributed by atoms with Crippen LogP contribution in [0.5, 0.6) is 0 Å². The van der Waals surface area contributed by atoms with E-state index in [0.29, 0.717) is 6.54 Å². The Morgan fingerprint density at radius 1 is 1.04 bits per heavy atom. The molecule has 0 atom stereocenters. The van der Waals surface area contributed by atoms with Crippen LogP contribution in [0.2, 0.25) is 0 Å². The van der Waals surface area contributed by atoms with Crippen LogP contribution in [0, 0.1) is 38.5 Å². The van der Waals surface area contributed by atoms with E-state index < -0.39 is 20.8 Å². The lowest BCUT2D eigenvalue weighted by Crippen LogP contribution is -2.42. The molecule has 0 saturated heterocycles. The van der Waals surface area contributed by atoms with Crippen molar-refractivity contribution in [1.82, 2.24) is 0 Å². The van der Waals surface area contributed by atoms with Gasteiger partial charge >= 0.3 is 0 Å². The topological polar surface area (TPSA) is 133 Å². The third kappa shape index (κ3) is 6.35. The van der Waals surface area contributed by atoms with Gasteiger partial charge in [0.1, 0.15) is 0 Å². The summed E-state index contributed by atoms with van der Waals surface area (Å²) < 4.78 is 50.0. The molecule has 0 aliphatic rings. The molecule has 0 aliphatic heterocycles. The Balaban J connectivity index is 0.000000705. The van der Waals surface area contributed by atoms with E-state index in [0.717, 1.165) is 5.56 Å². The molecule has 2 N–H and O–H groups in total. The maximum atomic E-state index is 11.3. The van der Waals surface area contributed by atoms with Crippen molar-refractivity contribution in [3.8, 4) is 0 Å². The number of sulfonamides is 1. The first-order chi connectivity index (χ1) is 11.4. The lowest BCUT2D eigenvalue weighted by Gasteiger charge is -2.09. The second-order valence-corrected chi connectivity index (χ2v) is 7.58. The summed E-state index contributed by atoms with van der Waals surface area (Å²) in [4.78, 5) is 0.143. The van der Waals surface area contributed by atoms with Crippen molar-refractivity contribution in [1.29, 1.82) is 0 Å². The van der Waals surface area contributed by atoms with E-state index in [1.807, 2.05) is 0 Å². The molecule has 1 heterocycles. The monoisotopic (exact) mass is 388 g/mol. The number of hydrogen-bond donors (Lipinski definition) is 1. The Hall–Kier alpha value is -1.55. The first-order valence-corrected chi connectivity index (χ1v) is 9.72. The van der Waals surface area contributed by atoms with Crippen LogP contribution in [-0.4, -0.2) is 8.42 Å². The summed E-state index contributed by atoms with van der Waals surface area (Å²) in [7, 11) is -6.48. The fourth-order valence-corrected chi connectivity index (χ4v) is 2.98. The molecular formula is C16H21ClN2O5S. The van der Waals surface area contributed by atoms with Gasteiger partial charge in [0.15, 0.2) is 17.9 Å². The van der Waals surface area contributed by atoms with Crippen LogP contribution in [0.15, 0.2) is 35.2 Å². The van der Waals surface area contributed by atoms with E-state index in [2.05, 4.69) is 38.3 Å². The molecule has 138 valence electrons. The SMILES string of the molecule is Cc1cc(C)[n+](Cc2ccc(S(N)(=O)=O)cc2)c(C)c1C.[O-][Cl+2]([O-])[O-]. The zero-order chi connectivity index (χ0) is 19.4. The highest BCUT2D eigenvalue weighted by molar-refractivity contribution is 7.89. The minimum atomic E-state index is -3.63. The minimum absolute atomic E-state index is 0.143. The number of aromatic nitrogens is 1. The highest BCUT2D eigenvalue weighted by Gasteiger charge is 2.16. The number of benzene rings is 1. The van der Waals surface area contributed by atoms with Crippen molar-refractivity contribution < 1.29 is 37.7 Å². The van der Waals surface area contributed by atoms with Gasteiger partial charge in [-0.2, -0.15) is 4.57 Å². The number of rotatable bonds is 3. The molecule has 7 nitrogen and oxygen atoms in total. The quantitative estimate of drug-likeness (QED) is 0.628. The van der Waals surface area contributed by atoms with E-state index in [-0.39, 0.29) is 4.90 Å². The van der Waals surface area contributed by atoms with E-state index in [4.69, 9.17) is 19.1 Å². The number of hydrogen-bond acceptors (Lipinski definition) is 5. The lowest BCUT2D eigenvalue weighted by atomic mass is 10.1. The summed E-state index contributed by atoms with van der Waals surface area (Å²) in [5, 5.41) is 5.11. The van der Waals surface area contributed by atoms with Crippen LogP contribution in [0.1, 0.15) is 28.1 Å². The highest BCUT2D eigenvalue weighted by Crippen LogP contribution is 2.12. The Bertz CT molecular complexity index is 834. The van der Waals surface area contributed by atoms with Gasteiger partial charge in [-0.05, 0) is 31.5 Å². The minimum Gasteiger partial charge on any atom is -0.357 e. The maximum absolute atomic E-state index is 11.3. The van der Waals surface area contributed by atoms with E-state index in [1.165, 1.54) is 22.5 Å². The largest absolute Gasteiger partial charge is 0.357 e. The van der Waals surface area contributed by atoms with Gasteiger partial charge in [-0.1, -0.05) is 12.1 Å². The van der Waals surface area contributed by atoms with Crippen molar-refractivity contribution in [2.24, 2.45) is 5.14 Å². The van der Waals surface area contributed by atoms with Gasteiger partial charge in [0.25, 0.3) is 0 Å². The maximum Gasteiger partial charge on any atom is 0.238 e. The van der Waals surface area contributed by atoms with Gasteiger partial charge in [0.05, 0.1) is 15.7 Å².